The monoisotopic (exact) mass is 410 g/mol. The van der Waals surface area contributed by atoms with E-state index in [9.17, 15) is 4.79 Å². The molecule has 0 fully saturated rings. The number of carbonyl (C=O) groups excluding carboxylic acids is 1. The molecular formula is C16H15BrN2O2S2. The summed E-state index contributed by atoms with van der Waals surface area (Å²) >= 11 is 10.4. The van der Waals surface area contributed by atoms with Gasteiger partial charge in [0.25, 0.3) is 0 Å². The van der Waals surface area contributed by atoms with Crippen molar-refractivity contribution in [1.29, 1.82) is 0 Å². The lowest BCUT2D eigenvalue weighted by Crippen LogP contribution is -2.20. The molecule has 0 saturated heterocycles. The third-order valence-corrected chi connectivity index (χ3v) is 5.52. The first-order valence-corrected chi connectivity index (χ1v) is 9.16. The summed E-state index contributed by atoms with van der Waals surface area (Å²) in [6.45, 7) is 0. The molecule has 3 rings (SSSR count). The van der Waals surface area contributed by atoms with E-state index < -0.39 is 0 Å². The van der Waals surface area contributed by atoms with E-state index in [1.54, 1.807) is 11.3 Å². The predicted molar refractivity (Wildman–Crippen MR) is 102 cm³/mol. The second-order valence-corrected chi connectivity index (χ2v) is 7.57. The summed E-state index contributed by atoms with van der Waals surface area (Å²) in [7, 11) is 1.41. The van der Waals surface area contributed by atoms with Crippen LogP contribution in [0.4, 0.5) is 10.7 Å². The molecule has 0 bridgehead atoms. The molecule has 1 aliphatic carbocycles. The normalized spacial score (nSPS) is 12.6. The van der Waals surface area contributed by atoms with Crippen LogP contribution in [-0.2, 0) is 17.6 Å². The van der Waals surface area contributed by atoms with Crippen LogP contribution in [0.15, 0.2) is 28.7 Å². The molecule has 23 heavy (non-hydrogen) atoms. The number of esters is 1. The first-order chi connectivity index (χ1) is 11.1. The number of ether oxygens (including phenoxy) is 1. The molecule has 7 heteroatoms. The van der Waals surface area contributed by atoms with Crippen LogP contribution in [0.3, 0.4) is 0 Å². The molecule has 0 saturated carbocycles. The van der Waals surface area contributed by atoms with Gasteiger partial charge in [-0.2, -0.15) is 0 Å². The number of fused-ring (bicyclic) bond motifs is 1. The minimum Gasteiger partial charge on any atom is -0.465 e. The highest BCUT2D eigenvalue weighted by molar-refractivity contribution is 9.10. The van der Waals surface area contributed by atoms with Gasteiger partial charge in [0.2, 0.25) is 0 Å². The number of hydrogen-bond acceptors (Lipinski definition) is 4. The standard InChI is InChI=1S/C16H15BrN2O2S2/c1-21-15(20)13-11-6-3-7-12(11)23-14(13)19-16(22)18-10-5-2-4-9(17)8-10/h2,4-5,8H,3,6-7H2,1H3,(H2,18,19,22). The minimum absolute atomic E-state index is 0.308. The minimum atomic E-state index is -0.308. The first kappa shape index (κ1) is 16.4. The third-order valence-electron chi connectivity index (χ3n) is 3.62. The third kappa shape index (κ3) is 3.57. The Kier molecular flexibility index (Phi) is 4.99. The number of anilines is 2. The number of benzene rings is 1. The number of aryl methyl sites for hydroxylation is 1. The van der Waals surface area contributed by atoms with Crippen LogP contribution in [0.1, 0.15) is 27.2 Å². The molecule has 1 aliphatic rings. The Bertz CT molecular complexity index is 773. The van der Waals surface area contributed by atoms with Crippen molar-refractivity contribution in [1.82, 2.24) is 0 Å². The Labute approximate surface area is 152 Å². The largest absolute Gasteiger partial charge is 0.465 e. The molecule has 0 amide bonds. The lowest BCUT2D eigenvalue weighted by Gasteiger charge is -2.11. The molecule has 120 valence electrons. The SMILES string of the molecule is COC(=O)c1c(NC(=S)Nc2cccc(Br)c2)sc2c1CCC2. The zero-order chi connectivity index (χ0) is 16.4. The highest BCUT2D eigenvalue weighted by atomic mass is 79.9. The van der Waals surface area contributed by atoms with Crippen LogP contribution in [0.5, 0.6) is 0 Å². The maximum absolute atomic E-state index is 12.1. The molecule has 2 aromatic rings. The van der Waals surface area contributed by atoms with E-state index in [1.165, 1.54) is 12.0 Å². The van der Waals surface area contributed by atoms with Crippen molar-refractivity contribution in [2.24, 2.45) is 0 Å². The highest BCUT2D eigenvalue weighted by Crippen LogP contribution is 2.39. The molecule has 2 N–H and O–H groups in total. The van der Waals surface area contributed by atoms with E-state index in [0.29, 0.717) is 10.7 Å². The lowest BCUT2D eigenvalue weighted by atomic mass is 10.1. The van der Waals surface area contributed by atoms with Gasteiger partial charge in [0, 0.05) is 15.0 Å². The van der Waals surface area contributed by atoms with Gasteiger partial charge in [-0.1, -0.05) is 22.0 Å². The van der Waals surface area contributed by atoms with E-state index in [4.69, 9.17) is 17.0 Å². The molecule has 0 unspecified atom stereocenters. The van der Waals surface area contributed by atoms with Gasteiger partial charge in [0.1, 0.15) is 5.00 Å². The van der Waals surface area contributed by atoms with Crippen molar-refractivity contribution >= 4 is 61.3 Å². The molecule has 1 aromatic heterocycles. The average molecular weight is 411 g/mol. The smallest absolute Gasteiger partial charge is 0.341 e. The Balaban J connectivity index is 1.80. The Morgan fingerprint density at radius 2 is 2.17 bits per heavy atom. The summed E-state index contributed by atoms with van der Waals surface area (Å²) in [5.41, 5.74) is 2.61. The highest BCUT2D eigenvalue weighted by Gasteiger charge is 2.27. The molecule has 1 heterocycles. The van der Waals surface area contributed by atoms with E-state index in [0.717, 1.165) is 40.0 Å². The van der Waals surface area contributed by atoms with E-state index in [-0.39, 0.29) is 5.97 Å². The summed E-state index contributed by atoms with van der Waals surface area (Å²) in [4.78, 5) is 13.4. The second-order valence-electron chi connectivity index (χ2n) is 5.14. The van der Waals surface area contributed by atoms with Gasteiger partial charge < -0.3 is 15.4 Å². The van der Waals surface area contributed by atoms with Crippen molar-refractivity contribution in [3.63, 3.8) is 0 Å². The van der Waals surface area contributed by atoms with Crippen molar-refractivity contribution in [3.8, 4) is 0 Å². The summed E-state index contributed by atoms with van der Waals surface area (Å²) in [5, 5.41) is 7.48. The quantitative estimate of drug-likeness (QED) is 0.572. The van der Waals surface area contributed by atoms with Crippen molar-refractivity contribution in [2.75, 3.05) is 17.7 Å². The number of carbonyl (C=O) groups is 1. The summed E-state index contributed by atoms with van der Waals surface area (Å²) < 4.78 is 5.90. The predicted octanol–water partition coefficient (Wildman–Crippen LogP) is 4.59. The van der Waals surface area contributed by atoms with Crippen LogP contribution >= 0.6 is 39.5 Å². The fraction of sp³-hybridized carbons (Fsp3) is 0.250. The Morgan fingerprint density at radius 3 is 2.91 bits per heavy atom. The molecule has 4 nitrogen and oxygen atoms in total. The van der Waals surface area contributed by atoms with E-state index in [2.05, 4.69) is 26.6 Å². The number of hydrogen-bond donors (Lipinski definition) is 2. The van der Waals surface area contributed by atoms with Gasteiger partial charge in [0.15, 0.2) is 5.11 Å². The van der Waals surface area contributed by atoms with Gasteiger partial charge in [-0.25, -0.2) is 4.79 Å². The first-order valence-electron chi connectivity index (χ1n) is 7.15. The van der Waals surface area contributed by atoms with Crippen LogP contribution in [-0.4, -0.2) is 18.2 Å². The molecule has 0 atom stereocenters. The van der Waals surface area contributed by atoms with Crippen molar-refractivity contribution < 1.29 is 9.53 Å². The van der Waals surface area contributed by atoms with Crippen LogP contribution < -0.4 is 10.6 Å². The number of methoxy groups -OCH3 is 1. The molecule has 0 aliphatic heterocycles. The summed E-state index contributed by atoms with van der Waals surface area (Å²) in [6.07, 6.45) is 3.02. The van der Waals surface area contributed by atoms with Crippen LogP contribution in [0.25, 0.3) is 0 Å². The van der Waals surface area contributed by atoms with Gasteiger partial charge in [-0.3, -0.25) is 0 Å². The summed E-state index contributed by atoms with van der Waals surface area (Å²) in [6, 6.07) is 7.73. The van der Waals surface area contributed by atoms with Gasteiger partial charge in [0.05, 0.1) is 12.7 Å². The zero-order valence-corrected chi connectivity index (χ0v) is 15.7. The molecule has 1 aromatic carbocycles. The van der Waals surface area contributed by atoms with Crippen LogP contribution in [0, 0.1) is 0 Å². The molecule has 0 spiro atoms. The van der Waals surface area contributed by atoms with E-state index >= 15 is 0 Å². The average Bonchev–Trinajstić information content (AvgIpc) is 3.06. The maximum Gasteiger partial charge on any atom is 0.341 e. The number of halogens is 1. The fourth-order valence-electron chi connectivity index (χ4n) is 2.64. The van der Waals surface area contributed by atoms with Gasteiger partial charge in [-0.15, -0.1) is 11.3 Å². The summed E-state index contributed by atoms with van der Waals surface area (Å²) in [5.74, 6) is -0.308. The zero-order valence-electron chi connectivity index (χ0n) is 12.4. The second kappa shape index (κ2) is 6.98. The lowest BCUT2D eigenvalue weighted by molar-refractivity contribution is 0.0601. The fourth-order valence-corrected chi connectivity index (χ4v) is 4.61. The molecule has 0 radical (unpaired) electrons. The Morgan fingerprint density at radius 1 is 1.35 bits per heavy atom. The van der Waals surface area contributed by atoms with E-state index in [1.807, 2.05) is 24.3 Å². The number of thiophene rings is 1. The molecular weight excluding hydrogens is 396 g/mol. The Hall–Kier alpha value is -1.44. The number of rotatable bonds is 3. The number of thiocarbonyl (C=S) groups is 1. The number of nitrogens with one attached hydrogen (secondary N) is 2. The van der Waals surface area contributed by atoms with Crippen LogP contribution in [0.2, 0.25) is 0 Å². The topological polar surface area (TPSA) is 50.4 Å². The van der Waals surface area contributed by atoms with Gasteiger partial charge in [-0.05, 0) is 55.2 Å². The van der Waals surface area contributed by atoms with Crippen molar-refractivity contribution in [3.05, 3.63) is 44.7 Å². The van der Waals surface area contributed by atoms with Crippen molar-refractivity contribution in [2.45, 2.75) is 19.3 Å². The van der Waals surface area contributed by atoms with Gasteiger partial charge >= 0.3 is 5.97 Å². The maximum atomic E-state index is 12.1.